The van der Waals surface area contributed by atoms with Crippen LogP contribution in [0, 0.1) is 0 Å². The molecule has 0 radical (unpaired) electrons. The molecular weight excluding hydrogens is 536 g/mol. The SMILES string of the molecule is CNc1ncc2cc(-c3cc(OC)cc(OC)c3Cl)c(=O)n(CCc3ccnc(NC(=O)OC(C)(C)C)c3)c2n1. The van der Waals surface area contributed by atoms with Crippen LogP contribution in [0.5, 0.6) is 11.5 Å². The van der Waals surface area contributed by atoms with Gasteiger partial charge in [0, 0.05) is 48.6 Å². The molecule has 3 aromatic heterocycles. The molecule has 0 aliphatic heterocycles. The molecule has 0 unspecified atom stereocenters. The van der Waals surface area contributed by atoms with E-state index in [1.807, 2.05) is 6.07 Å². The van der Waals surface area contributed by atoms with Crippen LogP contribution >= 0.6 is 11.6 Å². The predicted octanol–water partition coefficient (Wildman–Crippen LogP) is 5.16. The quantitative estimate of drug-likeness (QED) is 0.297. The second-order valence-corrected chi connectivity index (χ2v) is 10.2. The molecule has 0 bridgehead atoms. The highest BCUT2D eigenvalue weighted by Crippen LogP contribution is 2.38. The fourth-order valence-corrected chi connectivity index (χ4v) is 4.35. The van der Waals surface area contributed by atoms with Crippen molar-refractivity contribution in [2.24, 2.45) is 0 Å². The Balaban J connectivity index is 1.75. The van der Waals surface area contributed by atoms with Gasteiger partial charge in [0.15, 0.2) is 0 Å². The molecule has 4 rings (SSSR count). The molecule has 0 atom stereocenters. The molecule has 0 fully saturated rings. The maximum atomic E-state index is 14.0. The largest absolute Gasteiger partial charge is 0.497 e. The Hall–Kier alpha value is -4.38. The Morgan fingerprint density at radius 3 is 2.52 bits per heavy atom. The van der Waals surface area contributed by atoms with Crippen molar-refractivity contribution in [2.75, 3.05) is 31.9 Å². The van der Waals surface area contributed by atoms with Gasteiger partial charge < -0.3 is 19.5 Å². The molecular formula is C28H31ClN6O5. The minimum absolute atomic E-state index is 0.276. The number of aromatic nitrogens is 4. The van der Waals surface area contributed by atoms with Crippen molar-refractivity contribution in [3.63, 3.8) is 0 Å². The number of nitrogens with zero attached hydrogens (tertiary/aromatic N) is 4. The molecule has 1 aromatic carbocycles. The third kappa shape index (κ3) is 6.42. The fraction of sp³-hybridized carbons (Fsp3) is 0.321. The third-order valence-corrected chi connectivity index (χ3v) is 6.28. The van der Waals surface area contributed by atoms with Crippen molar-refractivity contribution in [3.05, 3.63) is 63.7 Å². The number of carbonyl (C=O) groups excluding carboxylic acids is 1. The number of hydrogen-bond donors (Lipinski definition) is 2. The highest BCUT2D eigenvalue weighted by Gasteiger charge is 2.20. The summed E-state index contributed by atoms with van der Waals surface area (Å²) in [6.45, 7) is 5.62. The lowest BCUT2D eigenvalue weighted by molar-refractivity contribution is 0.0635. The maximum Gasteiger partial charge on any atom is 0.413 e. The van der Waals surface area contributed by atoms with E-state index in [1.165, 1.54) is 14.2 Å². The molecule has 2 N–H and O–H groups in total. The van der Waals surface area contributed by atoms with Gasteiger partial charge in [0.25, 0.3) is 5.56 Å². The van der Waals surface area contributed by atoms with Gasteiger partial charge in [-0.05, 0) is 57.0 Å². The van der Waals surface area contributed by atoms with Gasteiger partial charge in [0.2, 0.25) is 5.95 Å². The smallest absolute Gasteiger partial charge is 0.413 e. The van der Waals surface area contributed by atoms with Crippen molar-refractivity contribution in [1.29, 1.82) is 0 Å². The molecule has 0 saturated heterocycles. The number of benzene rings is 1. The monoisotopic (exact) mass is 566 g/mol. The minimum Gasteiger partial charge on any atom is -0.497 e. The van der Waals surface area contributed by atoms with E-state index in [2.05, 4.69) is 25.6 Å². The average Bonchev–Trinajstić information content (AvgIpc) is 2.91. The number of nitrogens with one attached hydrogen (secondary N) is 2. The number of amides is 1. The summed E-state index contributed by atoms with van der Waals surface area (Å²) in [7, 11) is 4.73. The number of pyridine rings is 2. The van der Waals surface area contributed by atoms with Gasteiger partial charge in [-0.2, -0.15) is 4.98 Å². The first kappa shape index (κ1) is 28.6. The van der Waals surface area contributed by atoms with E-state index in [1.54, 1.807) is 69.0 Å². The summed E-state index contributed by atoms with van der Waals surface area (Å²) in [5.41, 5.74) is 1.17. The van der Waals surface area contributed by atoms with Crippen LogP contribution < -0.4 is 25.7 Å². The highest BCUT2D eigenvalue weighted by atomic mass is 35.5. The molecule has 11 nitrogen and oxygen atoms in total. The van der Waals surface area contributed by atoms with Crippen molar-refractivity contribution >= 4 is 40.5 Å². The number of fused-ring (bicyclic) bond motifs is 1. The van der Waals surface area contributed by atoms with Gasteiger partial charge in [0.1, 0.15) is 28.6 Å². The molecule has 0 spiro atoms. The van der Waals surface area contributed by atoms with Gasteiger partial charge in [-0.3, -0.25) is 14.7 Å². The molecule has 4 aromatic rings. The summed E-state index contributed by atoms with van der Waals surface area (Å²) in [5.74, 6) is 1.59. The summed E-state index contributed by atoms with van der Waals surface area (Å²) >= 11 is 6.65. The highest BCUT2D eigenvalue weighted by molar-refractivity contribution is 6.35. The number of anilines is 2. The third-order valence-electron chi connectivity index (χ3n) is 5.89. The van der Waals surface area contributed by atoms with Crippen molar-refractivity contribution < 1.29 is 19.0 Å². The van der Waals surface area contributed by atoms with Crippen LogP contribution in [0.4, 0.5) is 16.6 Å². The minimum atomic E-state index is -0.640. The van der Waals surface area contributed by atoms with Crippen LogP contribution in [0.1, 0.15) is 26.3 Å². The zero-order valence-electron chi connectivity index (χ0n) is 23.2. The number of halogens is 1. The summed E-state index contributed by atoms with van der Waals surface area (Å²) in [4.78, 5) is 39.2. The predicted molar refractivity (Wildman–Crippen MR) is 155 cm³/mol. The fourth-order valence-electron chi connectivity index (χ4n) is 4.06. The molecule has 40 heavy (non-hydrogen) atoms. The Labute approximate surface area is 236 Å². The van der Waals surface area contributed by atoms with Gasteiger partial charge in [-0.1, -0.05) is 11.6 Å². The molecule has 210 valence electrons. The number of carbonyl (C=O) groups is 1. The Morgan fingerprint density at radius 2 is 1.85 bits per heavy atom. The summed E-state index contributed by atoms with van der Waals surface area (Å²) < 4.78 is 17.7. The van der Waals surface area contributed by atoms with Crippen molar-refractivity contribution in [3.8, 4) is 22.6 Å². The number of ether oxygens (including phenoxy) is 3. The number of methoxy groups -OCH3 is 2. The van der Waals surface area contributed by atoms with E-state index in [0.29, 0.717) is 51.8 Å². The molecule has 3 heterocycles. The van der Waals surface area contributed by atoms with Gasteiger partial charge >= 0.3 is 6.09 Å². The maximum absolute atomic E-state index is 14.0. The van der Waals surface area contributed by atoms with E-state index in [9.17, 15) is 9.59 Å². The molecule has 1 amide bonds. The Kier molecular flexibility index (Phi) is 8.43. The van der Waals surface area contributed by atoms with Gasteiger partial charge in [0.05, 0.1) is 19.2 Å². The lowest BCUT2D eigenvalue weighted by Crippen LogP contribution is -2.27. The normalized spacial score (nSPS) is 11.3. The number of rotatable bonds is 8. The molecule has 0 saturated carbocycles. The van der Waals surface area contributed by atoms with Gasteiger partial charge in [-0.25, -0.2) is 14.8 Å². The van der Waals surface area contributed by atoms with Gasteiger partial charge in [-0.15, -0.1) is 0 Å². The summed E-state index contributed by atoms with van der Waals surface area (Å²) in [6, 6.07) is 8.61. The molecule has 0 aliphatic rings. The lowest BCUT2D eigenvalue weighted by Gasteiger charge is -2.19. The lowest BCUT2D eigenvalue weighted by atomic mass is 10.0. The standard InChI is InChI=1S/C28H31ClN6O5/c1-28(2,3)40-27(37)33-22-11-16(7-9-31-22)8-10-35-24-17(15-32-26(30-4)34-24)12-20(25(35)36)19-13-18(38-5)14-21(39-6)23(19)29/h7,9,11-15H,8,10H2,1-6H3,(H,30,32,34)(H,31,33,37). The van der Waals surface area contributed by atoms with Crippen LogP contribution in [0.2, 0.25) is 5.02 Å². The molecule has 0 aliphatic carbocycles. The van der Waals surface area contributed by atoms with E-state index in [0.717, 1.165) is 5.56 Å². The molecule has 12 heteroatoms. The van der Waals surface area contributed by atoms with E-state index in [4.69, 9.17) is 25.8 Å². The van der Waals surface area contributed by atoms with Crippen LogP contribution in [0.3, 0.4) is 0 Å². The number of aryl methyl sites for hydroxylation is 2. The second kappa shape index (κ2) is 11.8. The van der Waals surface area contributed by atoms with E-state index >= 15 is 0 Å². The number of hydrogen-bond acceptors (Lipinski definition) is 9. The zero-order chi connectivity index (χ0) is 29.0. The van der Waals surface area contributed by atoms with E-state index < -0.39 is 11.7 Å². The van der Waals surface area contributed by atoms with E-state index in [-0.39, 0.29) is 17.1 Å². The Bertz CT molecular complexity index is 1620. The van der Waals surface area contributed by atoms with Crippen LogP contribution in [0.15, 0.2) is 47.5 Å². The van der Waals surface area contributed by atoms with Crippen molar-refractivity contribution in [1.82, 2.24) is 19.5 Å². The summed E-state index contributed by atoms with van der Waals surface area (Å²) in [6.07, 6.45) is 3.07. The van der Waals surface area contributed by atoms with Crippen LogP contribution in [-0.4, -0.2) is 52.5 Å². The summed E-state index contributed by atoms with van der Waals surface area (Å²) in [5, 5.41) is 6.49. The zero-order valence-corrected chi connectivity index (χ0v) is 23.9. The van der Waals surface area contributed by atoms with Crippen molar-refractivity contribution in [2.45, 2.75) is 39.3 Å². The second-order valence-electron chi connectivity index (χ2n) is 9.85. The average molecular weight is 567 g/mol. The van der Waals surface area contributed by atoms with Crippen LogP contribution in [-0.2, 0) is 17.7 Å². The Morgan fingerprint density at radius 1 is 1.07 bits per heavy atom. The first-order chi connectivity index (χ1) is 19.0. The first-order valence-corrected chi connectivity index (χ1v) is 12.9. The van der Waals surface area contributed by atoms with Crippen LogP contribution in [0.25, 0.3) is 22.2 Å². The first-order valence-electron chi connectivity index (χ1n) is 12.5. The topological polar surface area (TPSA) is 129 Å².